The van der Waals surface area contributed by atoms with Crippen LogP contribution in [0.25, 0.3) is 0 Å². The lowest BCUT2D eigenvalue weighted by Crippen LogP contribution is -2.09. The fourth-order valence-corrected chi connectivity index (χ4v) is 1.51. The van der Waals surface area contributed by atoms with Crippen molar-refractivity contribution in [2.45, 2.75) is 18.9 Å². The highest BCUT2D eigenvalue weighted by Crippen LogP contribution is 2.26. The highest BCUT2D eigenvalue weighted by atomic mass is 35.5. The van der Waals surface area contributed by atoms with Gasteiger partial charge in [-0.05, 0) is 18.9 Å². The zero-order valence-electron chi connectivity index (χ0n) is 8.95. The second-order valence-electron chi connectivity index (χ2n) is 3.64. The third-order valence-electron chi connectivity index (χ3n) is 2.22. The predicted octanol–water partition coefficient (Wildman–Crippen LogP) is 2.82. The molecule has 17 heavy (non-hydrogen) atoms. The van der Waals surface area contributed by atoms with E-state index in [1.807, 2.05) is 6.07 Å². The molecule has 0 aromatic carbocycles. The highest BCUT2D eigenvalue weighted by Gasteiger charge is 2.21. The highest BCUT2D eigenvalue weighted by molar-refractivity contribution is 6.41. The molecule has 0 radical (unpaired) electrons. The van der Waals surface area contributed by atoms with Gasteiger partial charge in [0.25, 0.3) is 0 Å². The van der Waals surface area contributed by atoms with Crippen molar-refractivity contribution < 1.29 is 9.47 Å². The van der Waals surface area contributed by atoms with Crippen molar-refractivity contribution in [2.24, 2.45) is 0 Å². The van der Waals surface area contributed by atoms with Gasteiger partial charge < -0.3 is 9.47 Å². The van der Waals surface area contributed by atoms with Crippen LogP contribution >= 0.6 is 23.2 Å². The molecule has 1 aromatic heterocycles. The Kier molecular flexibility index (Phi) is 4.06. The van der Waals surface area contributed by atoms with E-state index in [-0.39, 0.29) is 21.6 Å². The van der Waals surface area contributed by atoms with E-state index in [0.717, 1.165) is 12.8 Å². The number of hydrogen-bond donors (Lipinski definition) is 0. The number of aromatic nitrogens is 1. The van der Waals surface area contributed by atoms with E-state index in [1.165, 1.54) is 6.07 Å². The molecule has 1 aliphatic rings. The molecule has 0 aliphatic heterocycles. The molecule has 90 valence electrons. The normalized spacial score (nSPS) is 14.4. The van der Waals surface area contributed by atoms with Crippen molar-refractivity contribution in [3.63, 3.8) is 0 Å². The zero-order chi connectivity index (χ0) is 12.3. The number of pyridine rings is 1. The van der Waals surface area contributed by atoms with Crippen molar-refractivity contribution in [3.8, 4) is 11.9 Å². The molecule has 0 unspecified atom stereocenters. The molecular weight excluding hydrogens is 263 g/mol. The average molecular weight is 273 g/mol. The van der Waals surface area contributed by atoms with Crippen molar-refractivity contribution in [1.29, 1.82) is 5.26 Å². The number of nitriles is 1. The second-order valence-corrected chi connectivity index (χ2v) is 4.41. The van der Waals surface area contributed by atoms with Crippen LogP contribution in [0.3, 0.4) is 0 Å². The summed E-state index contributed by atoms with van der Waals surface area (Å²) in [5, 5.41) is 9.25. The van der Waals surface area contributed by atoms with Crippen molar-refractivity contribution in [2.75, 3.05) is 13.2 Å². The molecule has 1 heterocycles. The minimum atomic E-state index is 0.128. The molecule has 1 aromatic rings. The van der Waals surface area contributed by atoms with Gasteiger partial charge in [-0.3, -0.25) is 0 Å². The Bertz CT molecular complexity index is 456. The number of hydrogen-bond acceptors (Lipinski definition) is 4. The molecule has 0 N–H and O–H groups in total. The van der Waals surface area contributed by atoms with Crippen molar-refractivity contribution in [3.05, 3.63) is 21.8 Å². The molecular formula is C11H10Cl2N2O2. The summed E-state index contributed by atoms with van der Waals surface area (Å²) in [6.45, 7) is 0.827. The van der Waals surface area contributed by atoms with E-state index in [9.17, 15) is 0 Å². The first-order chi connectivity index (χ1) is 8.20. The third-order valence-corrected chi connectivity index (χ3v) is 2.89. The Morgan fingerprint density at radius 2 is 2.18 bits per heavy atom. The largest absolute Gasteiger partial charge is 0.474 e. The molecule has 0 bridgehead atoms. The minimum absolute atomic E-state index is 0.128. The SMILES string of the molecule is N#Cc1cc(Cl)c(Cl)nc1OCCOC1CC1. The Hall–Kier alpha value is -1.02. The summed E-state index contributed by atoms with van der Waals surface area (Å²) < 4.78 is 10.7. The van der Waals surface area contributed by atoms with Gasteiger partial charge in [0.05, 0.1) is 17.7 Å². The number of rotatable bonds is 5. The summed E-state index contributed by atoms with van der Waals surface area (Å²) in [6.07, 6.45) is 2.62. The quantitative estimate of drug-likeness (QED) is 0.611. The first kappa shape index (κ1) is 12.4. The molecule has 0 atom stereocenters. The standard InChI is InChI=1S/C11H10Cl2N2O2/c12-9-5-7(6-14)11(15-10(9)13)17-4-3-16-8-1-2-8/h5,8H,1-4H2. The lowest BCUT2D eigenvalue weighted by Gasteiger charge is -2.08. The Morgan fingerprint density at radius 3 is 2.82 bits per heavy atom. The first-order valence-electron chi connectivity index (χ1n) is 5.21. The lowest BCUT2D eigenvalue weighted by atomic mass is 10.3. The number of halogens is 2. The summed E-state index contributed by atoms with van der Waals surface area (Å²) in [7, 11) is 0. The summed E-state index contributed by atoms with van der Waals surface area (Å²) in [5.41, 5.74) is 0.269. The van der Waals surface area contributed by atoms with Crippen LogP contribution in [0.1, 0.15) is 18.4 Å². The first-order valence-corrected chi connectivity index (χ1v) is 5.97. The van der Waals surface area contributed by atoms with Crippen LogP contribution in [-0.4, -0.2) is 24.3 Å². The molecule has 4 nitrogen and oxygen atoms in total. The van der Waals surface area contributed by atoms with E-state index < -0.39 is 0 Å². The van der Waals surface area contributed by atoms with Crippen molar-refractivity contribution >= 4 is 23.2 Å². The van der Waals surface area contributed by atoms with E-state index in [4.69, 9.17) is 37.9 Å². The van der Waals surface area contributed by atoms with E-state index in [1.54, 1.807) is 0 Å². The van der Waals surface area contributed by atoms with E-state index in [0.29, 0.717) is 19.3 Å². The summed E-state index contributed by atoms with van der Waals surface area (Å²) >= 11 is 11.5. The molecule has 1 fully saturated rings. The summed E-state index contributed by atoms with van der Waals surface area (Å²) in [5.74, 6) is 0.196. The lowest BCUT2D eigenvalue weighted by molar-refractivity contribution is 0.0866. The molecule has 0 spiro atoms. The maximum absolute atomic E-state index is 8.89. The molecule has 1 saturated carbocycles. The van der Waals surface area contributed by atoms with Crippen molar-refractivity contribution in [1.82, 2.24) is 4.98 Å². The van der Waals surface area contributed by atoms with Crippen LogP contribution in [0.2, 0.25) is 10.2 Å². The van der Waals surface area contributed by atoms with Gasteiger partial charge in [-0.2, -0.15) is 10.2 Å². The van der Waals surface area contributed by atoms with Crippen LogP contribution in [-0.2, 0) is 4.74 Å². The smallest absolute Gasteiger partial charge is 0.233 e. The Labute approximate surface area is 109 Å². The minimum Gasteiger partial charge on any atom is -0.474 e. The van der Waals surface area contributed by atoms with E-state index >= 15 is 0 Å². The molecule has 2 rings (SSSR count). The van der Waals surface area contributed by atoms with Gasteiger partial charge in [0.2, 0.25) is 5.88 Å². The molecule has 0 amide bonds. The van der Waals surface area contributed by atoms with Gasteiger partial charge in [0.15, 0.2) is 5.15 Å². The van der Waals surface area contributed by atoms with E-state index in [2.05, 4.69) is 4.98 Å². The fraction of sp³-hybridized carbons (Fsp3) is 0.455. The van der Waals surface area contributed by atoms with Crippen LogP contribution in [0.15, 0.2) is 6.07 Å². The van der Waals surface area contributed by atoms with Gasteiger partial charge in [-0.25, -0.2) is 0 Å². The third kappa shape index (κ3) is 3.47. The topological polar surface area (TPSA) is 55.1 Å². The van der Waals surface area contributed by atoms with Gasteiger partial charge >= 0.3 is 0 Å². The maximum atomic E-state index is 8.89. The van der Waals surface area contributed by atoms with Gasteiger partial charge in [0.1, 0.15) is 18.2 Å². The van der Waals surface area contributed by atoms with Crippen LogP contribution in [0, 0.1) is 11.3 Å². The van der Waals surface area contributed by atoms with Crippen LogP contribution in [0.4, 0.5) is 0 Å². The predicted molar refractivity (Wildman–Crippen MR) is 63.4 cm³/mol. The molecule has 0 saturated heterocycles. The Balaban J connectivity index is 1.93. The fourth-order valence-electron chi connectivity index (χ4n) is 1.23. The zero-order valence-corrected chi connectivity index (χ0v) is 10.5. The Morgan fingerprint density at radius 1 is 1.41 bits per heavy atom. The summed E-state index contributed by atoms with van der Waals surface area (Å²) in [4.78, 5) is 3.91. The second kappa shape index (κ2) is 5.54. The number of nitrogens with zero attached hydrogens (tertiary/aromatic N) is 2. The average Bonchev–Trinajstić information content (AvgIpc) is 3.12. The molecule has 1 aliphatic carbocycles. The monoisotopic (exact) mass is 272 g/mol. The summed E-state index contributed by atoms with van der Waals surface area (Å²) in [6, 6.07) is 3.39. The van der Waals surface area contributed by atoms with Gasteiger partial charge in [-0.15, -0.1) is 0 Å². The molecule has 6 heteroatoms. The maximum Gasteiger partial charge on any atom is 0.233 e. The van der Waals surface area contributed by atoms with Gasteiger partial charge in [-0.1, -0.05) is 23.2 Å². The van der Waals surface area contributed by atoms with Gasteiger partial charge in [0, 0.05) is 0 Å². The van der Waals surface area contributed by atoms with Crippen LogP contribution < -0.4 is 4.74 Å². The van der Waals surface area contributed by atoms with Crippen LogP contribution in [0.5, 0.6) is 5.88 Å². The number of ether oxygens (including phenoxy) is 2.